The van der Waals surface area contributed by atoms with E-state index in [0.717, 1.165) is 0 Å². The highest BCUT2D eigenvalue weighted by molar-refractivity contribution is 6.00. The molecule has 0 saturated carbocycles. The van der Waals surface area contributed by atoms with Crippen LogP contribution in [0.15, 0.2) is 0 Å². The molecule has 1 aromatic rings. The van der Waals surface area contributed by atoms with Crippen molar-refractivity contribution in [3.8, 4) is 0 Å². The van der Waals surface area contributed by atoms with Crippen LogP contribution in [0.4, 0.5) is 0 Å². The minimum Gasteiger partial charge on any atom is -0.477 e. The van der Waals surface area contributed by atoms with Crippen LogP contribution in [-0.4, -0.2) is 55.4 Å². The van der Waals surface area contributed by atoms with E-state index in [9.17, 15) is 9.59 Å². The normalized spacial score (nSPS) is 12.2. The van der Waals surface area contributed by atoms with Crippen molar-refractivity contribution >= 4 is 11.9 Å². The molecular weight excluding hydrogens is 264 g/mol. The molecule has 7 nitrogen and oxygen atoms in total. The van der Waals surface area contributed by atoms with Crippen molar-refractivity contribution in [2.45, 2.75) is 20.0 Å². The zero-order chi connectivity index (χ0) is 15.3. The first-order valence-corrected chi connectivity index (χ1v) is 6.14. The number of aryl methyl sites for hydroxylation is 1. The highest BCUT2D eigenvalue weighted by Gasteiger charge is 2.22. The third kappa shape index (κ3) is 3.58. The van der Waals surface area contributed by atoms with Gasteiger partial charge in [-0.3, -0.25) is 4.79 Å². The molecule has 0 aromatic carbocycles. The Kier molecular flexibility index (Phi) is 5.72. The van der Waals surface area contributed by atoms with Gasteiger partial charge in [-0.1, -0.05) is 0 Å². The van der Waals surface area contributed by atoms with E-state index in [4.69, 9.17) is 14.6 Å². The van der Waals surface area contributed by atoms with Crippen molar-refractivity contribution in [1.29, 1.82) is 0 Å². The molecule has 0 spiro atoms. The van der Waals surface area contributed by atoms with Gasteiger partial charge in [-0.2, -0.15) is 0 Å². The SMILES string of the molecule is COCC(CNC(=O)c1c(C)[nH]c(C(=O)O)c1C)OC. The maximum Gasteiger partial charge on any atom is 0.352 e. The van der Waals surface area contributed by atoms with Crippen molar-refractivity contribution < 1.29 is 24.2 Å². The molecule has 0 bridgehead atoms. The van der Waals surface area contributed by atoms with E-state index in [1.165, 1.54) is 7.11 Å². The van der Waals surface area contributed by atoms with Gasteiger partial charge in [0.15, 0.2) is 0 Å². The van der Waals surface area contributed by atoms with Gasteiger partial charge < -0.3 is 24.9 Å². The predicted molar refractivity (Wildman–Crippen MR) is 72.2 cm³/mol. The number of aromatic carboxylic acids is 1. The molecule has 0 aliphatic rings. The number of carbonyl (C=O) groups is 2. The summed E-state index contributed by atoms with van der Waals surface area (Å²) in [5.74, 6) is -1.42. The molecule has 1 heterocycles. The number of carboxylic acid groups (broad SMARTS) is 1. The molecule has 0 aliphatic carbocycles. The molecule has 0 aliphatic heterocycles. The number of aromatic amines is 1. The number of methoxy groups -OCH3 is 2. The highest BCUT2D eigenvalue weighted by Crippen LogP contribution is 2.17. The quantitative estimate of drug-likeness (QED) is 0.685. The Balaban J connectivity index is 2.80. The maximum absolute atomic E-state index is 12.1. The Hall–Kier alpha value is -1.86. The monoisotopic (exact) mass is 284 g/mol. The first-order chi connectivity index (χ1) is 9.42. The van der Waals surface area contributed by atoms with Crippen LogP contribution >= 0.6 is 0 Å². The third-order valence-corrected chi connectivity index (χ3v) is 3.05. The summed E-state index contributed by atoms with van der Waals surface area (Å²) in [6, 6.07) is 0. The molecule has 1 amide bonds. The first kappa shape index (κ1) is 16.2. The second kappa shape index (κ2) is 7.06. The number of carbonyl (C=O) groups excluding carboxylic acids is 1. The fourth-order valence-corrected chi connectivity index (χ4v) is 2.00. The molecule has 0 radical (unpaired) electrons. The summed E-state index contributed by atoms with van der Waals surface area (Å²) in [6.07, 6.45) is -0.248. The Labute approximate surface area is 117 Å². The molecule has 0 fully saturated rings. The fraction of sp³-hybridized carbons (Fsp3) is 0.538. The standard InChI is InChI=1S/C13H20N2O5/c1-7-10(8(2)15-11(7)13(17)18)12(16)14-5-9(20-4)6-19-3/h9,15H,5-6H2,1-4H3,(H,14,16)(H,17,18). The number of nitrogens with one attached hydrogen (secondary N) is 2. The van der Waals surface area contributed by atoms with E-state index >= 15 is 0 Å². The predicted octanol–water partition coefficient (Wildman–Crippen LogP) is 0.721. The van der Waals surface area contributed by atoms with E-state index in [1.54, 1.807) is 21.0 Å². The molecule has 20 heavy (non-hydrogen) atoms. The molecule has 3 N–H and O–H groups in total. The summed E-state index contributed by atoms with van der Waals surface area (Å²) in [7, 11) is 3.08. The lowest BCUT2D eigenvalue weighted by Gasteiger charge is -2.15. The van der Waals surface area contributed by atoms with E-state index in [1.807, 2.05) is 0 Å². The van der Waals surface area contributed by atoms with Gasteiger partial charge in [-0.05, 0) is 19.4 Å². The van der Waals surface area contributed by atoms with Crippen LogP contribution in [0.1, 0.15) is 32.1 Å². The van der Waals surface area contributed by atoms with Crippen LogP contribution in [0, 0.1) is 13.8 Å². The lowest BCUT2D eigenvalue weighted by molar-refractivity contribution is 0.0285. The number of ether oxygens (including phenoxy) is 2. The number of rotatable bonds is 7. The first-order valence-electron chi connectivity index (χ1n) is 6.14. The van der Waals surface area contributed by atoms with Crippen molar-refractivity contribution in [3.05, 3.63) is 22.5 Å². The summed E-state index contributed by atoms with van der Waals surface area (Å²) in [4.78, 5) is 25.8. The lowest BCUT2D eigenvalue weighted by Crippen LogP contribution is -2.36. The summed E-state index contributed by atoms with van der Waals surface area (Å²) in [5, 5.41) is 11.7. The fourth-order valence-electron chi connectivity index (χ4n) is 2.00. The van der Waals surface area contributed by atoms with Gasteiger partial charge in [0, 0.05) is 26.5 Å². The largest absolute Gasteiger partial charge is 0.477 e. The van der Waals surface area contributed by atoms with Crippen LogP contribution in [0.25, 0.3) is 0 Å². The van der Waals surface area contributed by atoms with Crippen LogP contribution in [0.3, 0.4) is 0 Å². The minimum absolute atomic E-state index is 0.0350. The van der Waals surface area contributed by atoms with Crippen molar-refractivity contribution in [2.75, 3.05) is 27.4 Å². The molecular formula is C13H20N2O5. The van der Waals surface area contributed by atoms with Gasteiger partial charge in [-0.25, -0.2) is 4.79 Å². The number of hydrogen-bond donors (Lipinski definition) is 3. The molecule has 1 aromatic heterocycles. The number of hydrogen-bond acceptors (Lipinski definition) is 4. The van der Waals surface area contributed by atoms with Gasteiger partial charge in [0.05, 0.1) is 18.3 Å². The Morgan fingerprint density at radius 1 is 1.35 bits per heavy atom. The molecule has 0 saturated heterocycles. The van der Waals surface area contributed by atoms with Crippen LogP contribution < -0.4 is 5.32 Å². The second-order valence-corrected chi connectivity index (χ2v) is 4.45. The highest BCUT2D eigenvalue weighted by atomic mass is 16.5. The Bertz CT molecular complexity index is 495. The van der Waals surface area contributed by atoms with E-state index < -0.39 is 5.97 Å². The van der Waals surface area contributed by atoms with Gasteiger partial charge in [0.1, 0.15) is 5.69 Å². The summed E-state index contributed by atoms with van der Waals surface area (Å²) in [6.45, 7) is 3.92. The minimum atomic E-state index is -1.08. The zero-order valence-corrected chi connectivity index (χ0v) is 12.1. The van der Waals surface area contributed by atoms with Crippen molar-refractivity contribution in [3.63, 3.8) is 0 Å². The number of amides is 1. The number of H-pyrrole nitrogens is 1. The lowest BCUT2D eigenvalue weighted by atomic mass is 10.1. The van der Waals surface area contributed by atoms with Crippen molar-refractivity contribution in [2.24, 2.45) is 0 Å². The summed E-state index contributed by atoms with van der Waals surface area (Å²) < 4.78 is 10.1. The van der Waals surface area contributed by atoms with Crippen molar-refractivity contribution in [1.82, 2.24) is 10.3 Å². The molecule has 1 atom stereocenters. The van der Waals surface area contributed by atoms with Gasteiger partial charge in [0.2, 0.25) is 0 Å². The van der Waals surface area contributed by atoms with Crippen LogP contribution in [0.2, 0.25) is 0 Å². The van der Waals surface area contributed by atoms with E-state index in [2.05, 4.69) is 10.3 Å². The summed E-state index contributed by atoms with van der Waals surface area (Å²) >= 11 is 0. The topological polar surface area (TPSA) is 101 Å². The Morgan fingerprint density at radius 3 is 2.45 bits per heavy atom. The summed E-state index contributed by atoms with van der Waals surface area (Å²) in [5.41, 5.74) is 1.34. The van der Waals surface area contributed by atoms with Crippen LogP contribution in [0.5, 0.6) is 0 Å². The Morgan fingerprint density at radius 2 is 2.00 bits per heavy atom. The molecule has 112 valence electrons. The van der Waals surface area contributed by atoms with Crippen LogP contribution in [-0.2, 0) is 9.47 Å². The molecule has 1 unspecified atom stereocenters. The average Bonchev–Trinajstić information content (AvgIpc) is 2.69. The number of carboxylic acids is 1. The maximum atomic E-state index is 12.1. The molecule has 1 rings (SSSR count). The van der Waals surface area contributed by atoms with Gasteiger partial charge in [-0.15, -0.1) is 0 Å². The number of aromatic nitrogens is 1. The van der Waals surface area contributed by atoms with Gasteiger partial charge in [0.25, 0.3) is 5.91 Å². The molecule has 7 heteroatoms. The van der Waals surface area contributed by atoms with Gasteiger partial charge >= 0.3 is 5.97 Å². The average molecular weight is 284 g/mol. The second-order valence-electron chi connectivity index (χ2n) is 4.45. The van der Waals surface area contributed by atoms with E-state index in [0.29, 0.717) is 23.4 Å². The zero-order valence-electron chi connectivity index (χ0n) is 12.1. The van der Waals surface area contributed by atoms with E-state index in [-0.39, 0.29) is 24.2 Å². The smallest absolute Gasteiger partial charge is 0.352 e. The third-order valence-electron chi connectivity index (χ3n) is 3.05.